The van der Waals surface area contributed by atoms with Gasteiger partial charge in [0.25, 0.3) is 5.91 Å². The topological polar surface area (TPSA) is 57.2 Å². The molecule has 0 aliphatic carbocycles. The van der Waals surface area contributed by atoms with Gasteiger partial charge in [-0.15, -0.1) is 0 Å². The average Bonchev–Trinajstić information content (AvgIpc) is 2.60. The minimum absolute atomic E-state index is 0.0682. The summed E-state index contributed by atoms with van der Waals surface area (Å²) in [5, 5.41) is 0. The van der Waals surface area contributed by atoms with Crippen LogP contribution in [-0.4, -0.2) is 70.6 Å². The fraction of sp³-hybridized carbons (Fsp3) is 0.588. The molecule has 1 fully saturated rings. The number of carbonyl (C=O) groups excluding carboxylic acids is 1. The van der Waals surface area contributed by atoms with Gasteiger partial charge >= 0.3 is 0 Å². The van der Waals surface area contributed by atoms with Crippen molar-refractivity contribution in [3.8, 4) is 0 Å². The minimum Gasteiger partial charge on any atom is -0.380 e. The number of methoxy groups -OCH3 is 3. The zero-order valence-corrected chi connectivity index (χ0v) is 14.2. The highest BCUT2D eigenvalue weighted by Gasteiger charge is 2.38. The highest BCUT2D eigenvalue weighted by atomic mass is 16.6. The number of ether oxygens (including phenoxy) is 4. The smallest absolute Gasteiger partial charge is 0.254 e. The van der Waals surface area contributed by atoms with Crippen LogP contribution in [-0.2, 0) is 25.6 Å². The summed E-state index contributed by atoms with van der Waals surface area (Å²) in [6.45, 7) is 1.43. The van der Waals surface area contributed by atoms with Crippen LogP contribution in [0.2, 0.25) is 0 Å². The van der Waals surface area contributed by atoms with Crippen LogP contribution >= 0.6 is 0 Å². The Labute approximate surface area is 137 Å². The summed E-state index contributed by atoms with van der Waals surface area (Å²) >= 11 is 0. The summed E-state index contributed by atoms with van der Waals surface area (Å²) < 4.78 is 21.6. The summed E-state index contributed by atoms with van der Waals surface area (Å²) in [6, 6.07) is 7.23. The van der Waals surface area contributed by atoms with Gasteiger partial charge < -0.3 is 23.8 Å². The third kappa shape index (κ3) is 4.09. The van der Waals surface area contributed by atoms with E-state index in [1.165, 1.54) is 0 Å². The second-order valence-electron chi connectivity index (χ2n) is 5.63. The SMILES string of the molecule is COCc1ccc(C(=O)N(C)[C@@H]2COC[C@@H](OC)[C@H]2OC)cc1. The Kier molecular flexibility index (Phi) is 6.53. The molecule has 1 saturated heterocycles. The Morgan fingerprint density at radius 3 is 2.43 bits per heavy atom. The molecule has 1 aliphatic heterocycles. The Balaban J connectivity index is 2.11. The van der Waals surface area contributed by atoms with Gasteiger partial charge in [0.05, 0.1) is 25.9 Å². The molecular formula is C17H25NO5. The van der Waals surface area contributed by atoms with E-state index in [1.54, 1.807) is 33.3 Å². The van der Waals surface area contributed by atoms with Crippen LogP contribution in [0.1, 0.15) is 15.9 Å². The highest BCUT2D eigenvalue weighted by Crippen LogP contribution is 2.20. The van der Waals surface area contributed by atoms with Gasteiger partial charge in [-0.25, -0.2) is 0 Å². The molecule has 0 unspecified atom stereocenters. The fourth-order valence-electron chi connectivity index (χ4n) is 2.85. The molecule has 128 valence electrons. The van der Waals surface area contributed by atoms with E-state index < -0.39 is 0 Å². The van der Waals surface area contributed by atoms with E-state index in [2.05, 4.69) is 0 Å². The third-order valence-corrected chi connectivity index (χ3v) is 4.22. The molecule has 3 atom stereocenters. The monoisotopic (exact) mass is 323 g/mol. The maximum Gasteiger partial charge on any atom is 0.254 e. The van der Waals surface area contributed by atoms with Crippen molar-refractivity contribution >= 4 is 5.91 Å². The first-order valence-electron chi connectivity index (χ1n) is 7.60. The molecule has 0 bridgehead atoms. The van der Waals surface area contributed by atoms with E-state index >= 15 is 0 Å². The van der Waals surface area contributed by atoms with Gasteiger partial charge in [-0.2, -0.15) is 0 Å². The molecule has 1 amide bonds. The lowest BCUT2D eigenvalue weighted by atomic mass is 10.0. The molecule has 6 nitrogen and oxygen atoms in total. The molecule has 0 spiro atoms. The van der Waals surface area contributed by atoms with Crippen molar-refractivity contribution in [2.75, 3.05) is 41.6 Å². The predicted octanol–water partition coefficient (Wildman–Crippen LogP) is 1.33. The number of hydrogen-bond acceptors (Lipinski definition) is 5. The molecule has 23 heavy (non-hydrogen) atoms. The van der Waals surface area contributed by atoms with E-state index in [4.69, 9.17) is 18.9 Å². The van der Waals surface area contributed by atoms with Crippen LogP contribution in [0, 0.1) is 0 Å². The lowest BCUT2D eigenvalue weighted by Crippen LogP contribution is -2.57. The fourth-order valence-corrected chi connectivity index (χ4v) is 2.85. The Bertz CT molecular complexity index is 504. The molecule has 0 N–H and O–H groups in total. The third-order valence-electron chi connectivity index (χ3n) is 4.22. The van der Waals surface area contributed by atoms with Gasteiger partial charge in [-0.3, -0.25) is 4.79 Å². The number of benzene rings is 1. The summed E-state index contributed by atoms with van der Waals surface area (Å²) in [5.74, 6) is -0.0682. The lowest BCUT2D eigenvalue weighted by molar-refractivity contribution is -0.147. The predicted molar refractivity (Wildman–Crippen MR) is 85.4 cm³/mol. The van der Waals surface area contributed by atoms with Gasteiger partial charge in [-0.1, -0.05) is 12.1 Å². The van der Waals surface area contributed by atoms with Crippen LogP contribution in [0.3, 0.4) is 0 Å². The summed E-state index contributed by atoms with van der Waals surface area (Å²) in [5.41, 5.74) is 1.66. The van der Waals surface area contributed by atoms with Gasteiger partial charge in [0.2, 0.25) is 0 Å². The van der Waals surface area contributed by atoms with Gasteiger partial charge in [-0.05, 0) is 17.7 Å². The zero-order valence-electron chi connectivity index (χ0n) is 14.2. The number of nitrogens with zero attached hydrogens (tertiary/aromatic N) is 1. The van der Waals surface area contributed by atoms with Gasteiger partial charge in [0.15, 0.2) is 0 Å². The van der Waals surface area contributed by atoms with Crippen molar-refractivity contribution in [1.29, 1.82) is 0 Å². The molecule has 6 heteroatoms. The Morgan fingerprint density at radius 2 is 1.87 bits per heavy atom. The van der Waals surface area contributed by atoms with E-state index in [0.29, 0.717) is 25.4 Å². The summed E-state index contributed by atoms with van der Waals surface area (Å²) in [6.07, 6.45) is -0.395. The van der Waals surface area contributed by atoms with E-state index in [1.807, 2.05) is 24.3 Å². The molecule has 1 aliphatic rings. The van der Waals surface area contributed by atoms with Gasteiger partial charge in [0.1, 0.15) is 12.2 Å². The van der Waals surface area contributed by atoms with Crippen molar-refractivity contribution in [3.63, 3.8) is 0 Å². The second kappa shape index (κ2) is 8.40. The molecular weight excluding hydrogens is 298 g/mol. The minimum atomic E-state index is -0.213. The molecule has 0 aromatic heterocycles. The standard InChI is InChI=1S/C17H25NO5/c1-18(14-10-23-11-15(21-3)16(14)22-4)17(19)13-7-5-12(6-8-13)9-20-2/h5-8,14-16H,9-11H2,1-4H3/t14-,15-,16+/m1/s1. The molecule has 1 aromatic carbocycles. The van der Waals surface area contributed by atoms with Crippen molar-refractivity contribution < 1.29 is 23.7 Å². The number of rotatable bonds is 6. The number of amides is 1. The van der Waals surface area contributed by atoms with Crippen molar-refractivity contribution in [2.45, 2.75) is 24.9 Å². The first-order valence-corrected chi connectivity index (χ1v) is 7.60. The van der Waals surface area contributed by atoms with Crippen LogP contribution < -0.4 is 0 Å². The van der Waals surface area contributed by atoms with Crippen LogP contribution in [0.15, 0.2) is 24.3 Å². The van der Waals surface area contributed by atoms with E-state index in [0.717, 1.165) is 5.56 Å². The summed E-state index contributed by atoms with van der Waals surface area (Å²) in [4.78, 5) is 14.4. The van der Waals surface area contributed by atoms with E-state index in [-0.39, 0.29) is 24.2 Å². The number of hydrogen-bond donors (Lipinski definition) is 0. The molecule has 0 saturated carbocycles. The van der Waals surface area contributed by atoms with Crippen LogP contribution in [0.25, 0.3) is 0 Å². The summed E-state index contributed by atoms with van der Waals surface area (Å²) in [7, 11) is 6.67. The van der Waals surface area contributed by atoms with Crippen molar-refractivity contribution in [3.05, 3.63) is 35.4 Å². The van der Waals surface area contributed by atoms with Gasteiger partial charge in [0, 0.05) is 33.9 Å². The van der Waals surface area contributed by atoms with Crippen LogP contribution in [0.4, 0.5) is 0 Å². The van der Waals surface area contributed by atoms with Crippen LogP contribution in [0.5, 0.6) is 0 Å². The normalized spacial score (nSPS) is 24.4. The second-order valence-corrected chi connectivity index (χ2v) is 5.63. The van der Waals surface area contributed by atoms with Crippen molar-refractivity contribution in [1.82, 2.24) is 4.90 Å². The maximum absolute atomic E-state index is 12.7. The van der Waals surface area contributed by atoms with E-state index in [9.17, 15) is 4.79 Å². The number of likely N-dealkylation sites (N-methyl/N-ethyl adjacent to an activating group) is 1. The average molecular weight is 323 g/mol. The van der Waals surface area contributed by atoms with Crippen molar-refractivity contribution in [2.24, 2.45) is 0 Å². The first kappa shape index (κ1) is 17.9. The molecule has 1 heterocycles. The zero-order chi connectivity index (χ0) is 16.8. The Hall–Kier alpha value is -1.47. The highest BCUT2D eigenvalue weighted by molar-refractivity contribution is 5.94. The molecule has 1 aromatic rings. The molecule has 0 radical (unpaired) electrons. The maximum atomic E-state index is 12.7. The Morgan fingerprint density at radius 1 is 1.17 bits per heavy atom. The lowest BCUT2D eigenvalue weighted by Gasteiger charge is -2.40. The molecule has 2 rings (SSSR count). The quantitative estimate of drug-likeness (QED) is 0.790. The largest absolute Gasteiger partial charge is 0.380 e. The number of carbonyl (C=O) groups is 1. The first-order chi connectivity index (χ1) is 11.1.